The second-order valence-electron chi connectivity index (χ2n) is 5.61. The SMILES string of the molecule is CN(C)c1cccc2c(C(O)C(F)(F)F)ccc(N(C)C)c12. The summed E-state index contributed by atoms with van der Waals surface area (Å²) in [5.41, 5.74) is 1.48. The van der Waals surface area contributed by atoms with Crippen LogP contribution in [0.25, 0.3) is 10.8 Å². The maximum absolute atomic E-state index is 12.9. The van der Waals surface area contributed by atoms with Crippen LogP contribution in [-0.2, 0) is 0 Å². The molecular weight excluding hydrogens is 293 g/mol. The van der Waals surface area contributed by atoms with Gasteiger partial charge in [-0.05, 0) is 23.1 Å². The third-order valence-corrected chi connectivity index (χ3v) is 3.60. The second-order valence-corrected chi connectivity index (χ2v) is 5.61. The van der Waals surface area contributed by atoms with Crippen molar-refractivity contribution in [3.05, 3.63) is 35.9 Å². The van der Waals surface area contributed by atoms with Gasteiger partial charge < -0.3 is 14.9 Å². The molecule has 6 heteroatoms. The first-order chi connectivity index (χ1) is 10.1. The molecule has 0 aromatic heterocycles. The quantitative estimate of drug-likeness (QED) is 0.938. The molecule has 1 N–H and O–H groups in total. The average molecular weight is 312 g/mol. The van der Waals surface area contributed by atoms with Crippen LogP contribution in [0.4, 0.5) is 24.5 Å². The van der Waals surface area contributed by atoms with Gasteiger partial charge in [0.2, 0.25) is 0 Å². The number of halogens is 3. The summed E-state index contributed by atoms with van der Waals surface area (Å²) in [6.45, 7) is 0. The molecule has 2 aromatic rings. The van der Waals surface area contributed by atoms with Crippen molar-refractivity contribution in [2.24, 2.45) is 0 Å². The van der Waals surface area contributed by atoms with Crippen molar-refractivity contribution < 1.29 is 18.3 Å². The van der Waals surface area contributed by atoms with Crippen LogP contribution in [-0.4, -0.2) is 39.5 Å². The van der Waals surface area contributed by atoms with E-state index in [1.54, 1.807) is 18.2 Å². The van der Waals surface area contributed by atoms with Gasteiger partial charge in [0.05, 0.1) is 0 Å². The van der Waals surface area contributed by atoms with Gasteiger partial charge in [-0.1, -0.05) is 18.2 Å². The molecule has 2 aromatic carbocycles. The summed E-state index contributed by atoms with van der Waals surface area (Å²) in [6, 6.07) is 8.11. The lowest BCUT2D eigenvalue weighted by atomic mass is 9.96. The normalized spacial score (nSPS) is 13.3. The standard InChI is InChI=1S/C16H19F3N2O/c1-20(2)12-7-5-6-10-11(15(22)16(17,18)19)8-9-13(14(10)12)21(3)4/h5-9,15,22H,1-4H3. The van der Waals surface area contributed by atoms with Crippen LogP contribution in [0, 0.1) is 0 Å². The highest BCUT2D eigenvalue weighted by atomic mass is 19.4. The Balaban J connectivity index is 2.84. The fourth-order valence-electron chi connectivity index (χ4n) is 2.55. The van der Waals surface area contributed by atoms with Crippen molar-refractivity contribution in [3.63, 3.8) is 0 Å². The zero-order valence-corrected chi connectivity index (χ0v) is 12.9. The number of aliphatic hydroxyl groups excluding tert-OH is 1. The summed E-state index contributed by atoms with van der Waals surface area (Å²) in [6.07, 6.45) is -7.19. The molecule has 0 heterocycles. The predicted octanol–water partition coefficient (Wildman–Crippen LogP) is 3.57. The van der Waals surface area contributed by atoms with E-state index >= 15 is 0 Å². The minimum absolute atomic E-state index is 0.128. The summed E-state index contributed by atoms with van der Waals surface area (Å²) >= 11 is 0. The van der Waals surface area contributed by atoms with Gasteiger partial charge in [0.25, 0.3) is 0 Å². The second kappa shape index (κ2) is 5.68. The first kappa shape index (κ1) is 16.4. The monoisotopic (exact) mass is 312 g/mol. The molecule has 0 spiro atoms. The molecule has 0 aliphatic rings. The first-order valence-electron chi connectivity index (χ1n) is 6.79. The Labute approximate surface area is 127 Å². The fraction of sp³-hybridized carbons (Fsp3) is 0.375. The van der Waals surface area contributed by atoms with Gasteiger partial charge >= 0.3 is 6.18 Å². The highest BCUT2D eigenvalue weighted by Gasteiger charge is 2.40. The lowest BCUT2D eigenvalue weighted by Crippen LogP contribution is -2.21. The molecule has 1 atom stereocenters. The van der Waals surface area contributed by atoms with Crippen molar-refractivity contribution in [1.29, 1.82) is 0 Å². The molecule has 22 heavy (non-hydrogen) atoms. The van der Waals surface area contributed by atoms with Gasteiger partial charge in [-0.2, -0.15) is 13.2 Å². The molecule has 2 rings (SSSR count). The van der Waals surface area contributed by atoms with Crippen molar-refractivity contribution in [1.82, 2.24) is 0 Å². The number of nitrogens with zero attached hydrogens (tertiary/aromatic N) is 2. The zero-order valence-electron chi connectivity index (χ0n) is 12.9. The maximum Gasteiger partial charge on any atom is 0.418 e. The van der Waals surface area contributed by atoms with Crippen LogP contribution < -0.4 is 9.80 Å². The highest BCUT2D eigenvalue weighted by molar-refractivity contribution is 6.05. The zero-order chi connectivity index (χ0) is 16.7. The van der Waals surface area contributed by atoms with E-state index in [1.807, 2.05) is 44.1 Å². The Morgan fingerprint density at radius 3 is 1.95 bits per heavy atom. The van der Waals surface area contributed by atoms with Gasteiger partial charge in [0, 0.05) is 45.0 Å². The van der Waals surface area contributed by atoms with E-state index in [-0.39, 0.29) is 5.56 Å². The summed E-state index contributed by atoms with van der Waals surface area (Å²) in [4.78, 5) is 3.69. The van der Waals surface area contributed by atoms with E-state index in [2.05, 4.69) is 0 Å². The maximum atomic E-state index is 12.9. The molecule has 1 unspecified atom stereocenters. The third kappa shape index (κ3) is 2.83. The smallest absolute Gasteiger partial charge is 0.379 e. The van der Waals surface area contributed by atoms with E-state index < -0.39 is 12.3 Å². The molecule has 0 bridgehead atoms. The van der Waals surface area contributed by atoms with Crippen LogP contribution in [0.3, 0.4) is 0 Å². The van der Waals surface area contributed by atoms with Crippen molar-refractivity contribution in [2.75, 3.05) is 38.0 Å². The van der Waals surface area contributed by atoms with Gasteiger partial charge in [-0.15, -0.1) is 0 Å². The van der Waals surface area contributed by atoms with Gasteiger partial charge in [0.15, 0.2) is 6.10 Å². The molecule has 3 nitrogen and oxygen atoms in total. The molecule has 0 amide bonds. The van der Waals surface area contributed by atoms with E-state index in [0.29, 0.717) is 10.8 Å². The van der Waals surface area contributed by atoms with E-state index in [9.17, 15) is 18.3 Å². The van der Waals surface area contributed by atoms with Gasteiger partial charge in [0.1, 0.15) is 0 Å². The fourth-order valence-corrected chi connectivity index (χ4v) is 2.55. The molecule has 120 valence electrons. The number of fused-ring (bicyclic) bond motifs is 1. The summed E-state index contributed by atoms with van der Waals surface area (Å²) in [5.74, 6) is 0. The first-order valence-corrected chi connectivity index (χ1v) is 6.79. The number of hydrogen-bond acceptors (Lipinski definition) is 3. The molecular formula is C16H19F3N2O. The van der Waals surface area contributed by atoms with Crippen molar-refractivity contribution in [2.45, 2.75) is 12.3 Å². The Kier molecular flexibility index (Phi) is 4.24. The van der Waals surface area contributed by atoms with Crippen LogP contribution in [0.15, 0.2) is 30.3 Å². The van der Waals surface area contributed by atoms with Crippen LogP contribution in [0.1, 0.15) is 11.7 Å². The minimum atomic E-state index is -4.69. The van der Waals surface area contributed by atoms with Crippen LogP contribution >= 0.6 is 0 Å². The van der Waals surface area contributed by atoms with Gasteiger partial charge in [-0.3, -0.25) is 0 Å². The van der Waals surface area contributed by atoms with Crippen molar-refractivity contribution in [3.8, 4) is 0 Å². The summed E-state index contributed by atoms with van der Waals surface area (Å²) < 4.78 is 38.7. The minimum Gasteiger partial charge on any atom is -0.379 e. The topological polar surface area (TPSA) is 26.7 Å². The Bertz CT molecular complexity index is 667. The van der Waals surface area contributed by atoms with E-state index in [1.165, 1.54) is 6.07 Å². The Hall–Kier alpha value is -1.95. The summed E-state index contributed by atoms with van der Waals surface area (Å²) in [7, 11) is 7.34. The highest BCUT2D eigenvalue weighted by Crippen LogP contribution is 2.41. The Morgan fingerprint density at radius 2 is 1.45 bits per heavy atom. The lowest BCUT2D eigenvalue weighted by Gasteiger charge is -2.24. The van der Waals surface area contributed by atoms with Crippen LogP contribution in [0.2, 0.25) is 0 Å². The molecule has 0 aliphatic heterocycles. The van der Waals surface area contributed by atoms with Gasteiger partial charge in [-0.25, -0.2) is 0 Å². The predicted molar refractivity (Wildman–Crippen MR) is 83.6 cm³/mol. The Morgan fingerprint density at radius 1 is 0.909 bits per heavy atom. The summed E-state index contributed by atoms with van der Waals surface area (Å²) in [5, 5.41) is 10.8. The lowest BCUT2D eigenvalue weighted by molar-refractivity contribution is -0.206. The molecule has 0 aliphatic carbocycles. The number of hydrogen-bond donors (Lipinski definition) is 1. The largest absolute Gasteiger partial charge is 0.418 e. The molecule has 0 saturated heterocycles. The van der Waals surface area contributed by atoms with Crippen molar-refractivity contribution >= 4 is 22.1 Å². The number of aliphatic hydroxyl groups is 1. The van der Waals surface area contributed by atoms with E-state index in [0.717, 1.165) is 11.4 Å². The number of rotatable bonds is 3. The average Bonchev–Trinajstić information content (AvgIpc) is 2.43. The number of anilines is 2. The third-order valence-electron chi connectivity index (χ3n) is 3.60. The van der Waals surface area contributed by atoms with E-state index in [4.69, 9.17) is 0 Å². The number of alkyl halides is 3. The molecule has 0 fully saturated rings. The van der Waals surface area contributed by atoms with Crippen LogP contribution in [0.5, 0.6) is 0 Å². The molecule has 0 radical (unpaired) electrons. The number of benzene rings is 2. The molecule has 0 saturated carbocycles.